The summed E-state index contributed by atoms with van der Waals surface area (Å²) in [6.07, 6.45) is 3.24. The molecule has 1 aromatic rings. The molecule has 1 N–H and O–H groups in total. The molecule has 0 amide bonds. The number of hydrogen-bond donors (Lipinski definition) is 1. The Morgan fingerprint density at radius 3 is 2.83 bits per heavy atom. The van der Waals surface area contributed by atoms with Crippen LogP contribution in [0, 0.1) is 0 Å². The number of ether oxygens (including phenoxy) is 1. The Kier molecular flexibility index (Phi) is 5.31. The van der Waals surface area contributed by atoms with Crippen molar-refractivity contribution in [3.8, 4) is 0 Å². The molecule has 130 valence electrons. The number of hydrogen-bond acceptors (Lipinski definition) is 6. The molecule has 7 heteroatoms. The second kappa shape index (κ2) is 7.25. The first-order chi connectivity index (χ1) is 11.1. The Labute approximate surface area is 138 Å². The highest BCUT2D eigenvalue weighted by Gasteiger charge is 2.31. The Morgan fingerprint density at radius 2 is 2.13 bits per heavy atom. The summed E-state index contributed by atoms with van der Waals surface area (Å²) < 4.78 is 7.17. The van der Waals surface area contributed by atoms with Gasteiger partial charge in [-0.2, -0.15) is 0 Å². The van der Waals surface area contributed by atoms with E-state index in [1.807, 2.05) is 0 Å². The highest BCUT2D eigenvalue weighted by Crippen LogP contribution is 2.38. The molecule has 2 heterocycles. The Balaban J connectivity index is 1.50. The monoisotopic (exact) mass is 323 g/mol. The van der Waals surface area contributed by atoms with Crippen molar-refractivity contribution in [1.82, 2.24) is 24.6 Å². The van der Waals surface area contributed by atoms with E-state index in [4.69, 9.17) is 4.74 Å². The lowest BCUT2D eigenvalue weighted by Crippen LogP contribution is -2.38. The molecule has 2 fully saturated rings. The smallest absolute Gasteiger partial charge is 0.146 e. The SMILES string of the molecule is COC[C@@H](O)CN1CC[C@H](N(C)Cc2nnc(C3CC3)n2C)C1. The molecule has 0 radical (unpaired) electrons. The summed E-state index contributed by atoms with van der Waals surface area (Å²) in [5, 5.41) is 18.6. The van der Waals surface area contributed by atoms with Crippen molar-refractivity contribution >= 4 is 0 Å². The van der Waals surface area contributed by atoms with Gasteiger partial charge in [-0.05, 0) is 32.9 Å². The highest BCUT2D eigenvalue weighted by atomic mass is 16.5. The summed E-state index contributed by atoms with van der Waals surface area (Å²) >= 11 is 0. The topological polar surface area (TPSA) is 66.7 Å². The number of aliphatic hydroxyl groups is 1. The minimum atomic E-state index is -0.399. The standard InChI is InChI=1S/C16H29N5O2/c1-19(10-15-17-18-16(20(15)2)12-4-5-12)13-6-7-21(8-13)9-14(22)11-23-3/h12-14,22H,4-11H2,1-3H3/t13-,14-/m0/s1. The third-order valence-corrected chi connectivity index (χ3v) is 5.03. The first-order valence-electron chi connectivity index (χ1n) is 8.56. The normalized spacial score (nSPS) is 23.8. The Morgan fingerprint density at radius 1 is 1.35 bits per heavy atom. The number of methoxy groups -OCH3 is 1. The van der Waals surface area contributed by atoms with E-state index < -0.39 is 6.10 Å². The largest absolute Gasteiger partial charge is 0.389 e. The van der Waals surface area contributed by atoms with Gasteiger partial charge in [0.15, 0.2) is 0 Å². The highest BCUT2D eigenvalue weighted by molar-refractivity contribution is 5.07. The summed E-state index contributed by atoms with van der Waals surface area (Å²) in [6, 6.07) is 0.505. The molecule has 0 bridgehead atoms. The van der Waals surface area contributed by atoms with Gasteiger partial charge in [0.25, 0.3) is 0 Å². The average molecular weight is 323 g/mol. The van der Waals surface area contributed by atoms with Gasteiger partial charge in [0.05, 0.1) is 19.3 Å². The molecular weight excluding hydrogens is 294 g/mol. The van der Waals surface area contributed by atoms with Gasteiger partial charge in [0.2, 0.25) is 0 Å². The number of nitrogens with zero attached hydrogens (tertiary/aromatic N) is 5. The van der Waals surface area contributed by atoms with E-state index in [-0.39, 0.29) is 0 Å². The van der Waals surface area contributed by atoms with E-state index in [1.54, 1.807) is 7.11 Å². The van der Waals surface area contributed by atoms with Gasteiger partial charge < -0.3 is 14.4 Å². The quantitative estimate of drug-likeness (QED) is 0.737. The fraction of sp³-hybridized carbons (Fsp3) is 0.875. The molecule has 0 spiro atoms. The van der Waals surface area contributed by atoms with E-state index in [0.29, 0.717) is 25.1 Å². The lowest BCUT2D eigenvalue weighted by Gasteiger charge is -2.25. The molecule has 1 saturated carbocycles. The van der Waals surface area contributed by atoms with Gasteiger partial charge in [0.1, 0.15) is 11.6 Å². The van der Waals surface area contributed by atoms with Crippen LogP contribution in [0.1, 0.15) is 36.8 Å². The molecule has 1 aliphatic heterocycles. The molecule has 23 heavy (non-hydrogen) atoms. The number of likely N-dealkylation sites (N-methyl/N-ethyl adjacent to an activating group) is 1. The molecule has 0 unspecified atom stereocenters. The first-order valence-corrected chi connectivity index (χ1v) is 8.56. The Bertz CT molecular complexity index is 517. The molecular formula is C16H29N5O2. The number of β-amino-alcohol motifs (C(OH)–C–C–N with tert-alkyl or cyclic N) is 1. The van der Waals surface area contributed by atoms with Crippen molar-refractivity contribution in [3.63, 3.8) is 0 Å². The van der Waals surface area contributed by atoms with E-state index in [0.717, 1.165) is 37.7 Å². The summed E-state index contributed by atoms with van der Waals surface area (Å²) in [7, 11) is 5.87. The lowest BCUT2D eigenvalue weighted by atomic mass is 10.2. The van der Waals surface area contributed by atoms with Crippen molar-refractivity contribution in [1.29, 1.82) is 0 Å². The predicted molar refractivity (Wildman–Crippen MR) is 87.2 cm³/mol. The van der Waals surface area contributed by atoms with Crippen molar-refractivity contribution in [2.75, 3.05) is 40.4 Å². The van der Waals surface area contributed by atoms with Crippen LogP contribution in [0.25, 0.3) is 0 Å². The van der Waals surface area contributed by atoms with Crippen LogP contribution in [-0.2, 0) is 18.3 Å². The molecule has 1 saturated heterocycles. The zero-order chi connectivity index (χ0) is 16.4. The second-order valence-corrected chi connectivity index (χ2v) is 7.03. The second-order valence-electron chi connectivity index (χ2n) is 7.03. The average Bonchev–Trinajstić information content (AvgIpc) is 3.14. The number of aromatic nitrogens is 3. The van der Waals surface area contributed by atoms with Gasteiger partial charge >= 0.3 is 0 Å². The van der Waals surface area contributed by atoms with Gasteiger partial charge in [-0.1, -0.05) is 0 Å². The van der Waals surface area contributed by atoms with E-state index in [1.165, 1.54) is 12.8 Å². The number of aliphatic hydroxyl groups excluding tert-OH is 1. The third kappa shape index (κ3) is 4.09. The van der Waals surface area contributed by atoms with Crippen LogP contribution in [0.5, 0.6) is 0 Å². The maximum atomic E-state index is 9.86. The minimum Gasteiger partial charge on any atom is -0.389 e. The zero-order valence-electron chi connectivity index (χ0n) is 14.5. The number of rotatable bonds is 8. The summed E-state index contributed by atoms with van der Waals surface area (Å²) in [5.41, 5.74) is 0. The molecule has 1 aliphatic carbocycles. The number of likely N-dealkylation sites (tertiary alicyclic amines) is 1. The fourth-order valence-electron chi connectivity index (χ4n) is 3.44. The minimum absolute atomic E-state index is 0.399. The van der Waals surface area contributed by atoms with Gasteiger partial charge in [0, 0.05) is 39.2 Å². The summed E-state index contributed by atoms with van der Waals surface area (Å²) in [4.78, 5) is 4.68. The van der Waals surface area contributed by atoms with Crippen molar-refractivity contribution in [2.45, 2.75) is 43.9 Å². The summed E-state index contributed by atoms with van der Waals surface area (Å²) in [5.74, 6) is 2.83. The molecule has 2 atom stereocenters. The zero-order valence-corrected chi connectivity index (χ0v) is 14.5. The fourth-order valence-corrected chi connectivity index (χ4v) is 3.44. The van der Waals surface area contributed by atoms with Crippen LogP contribution in [-0.4, -0.2) is 82.2 Å². The third-order valence-electron chi connectivity index (χ3n) is 5.03. The first kappa shape index (κ1) is 16.8. The van der Waals surface area contributed by atoms with Crippen molar-refractivity contribution in [2.24, 2.45) is 7.05 Å². The van der Waals surface area contributed by atoms with Gasteiger partial charge in [-0.15, -0.1) is 10.2 Å². The maximum Gasteiger partial charge on any atom is 0.146 e. The van der Waals surface area contributed by atoms with Crippen molar-refractivity contribution < 1.29 is 9.84 Å². The van der Waals surface area contributed by atoms with Crippen LogP contribution in [0.4, 0.5) is 0 Å². The van der Waals surface area contributed by atoms with E-state index >= 15 is 0 Å². The molecule has 0 aromatic carbocycles. The van der Waals surface area contributed by atoms with Gasteiger partial charge in [-0.25, -0.2) is 0 Å². The molecule has 1 aromatic heterocycles. The Hall–Kier alpha value is -1.02. The van der Waals surface area contributed by atoms with E-state index in [2.05, 4.69) is 38.7 Å². The van der Waals surface area contributed by atoms with Crippen LogP contribution in [0.2, 0.25) is 0 Å². The summed E-state index contributed by atoms with van der Waals surface area (Å²) in [6.45, 7) is 3.94. The van der Waals surface area contributed by atoms with Crippen LogP contribution in [0.3, 0.4) is 0 Å². The molecule has 7 nitrogen and oxygen atoms in total. The van der Waals surface area contributed by atoms with Crippen molar-refractivity contribution in [3.05, 3.63) is 11.6 Å². The van der Waals surface area contributed by atoms with Crippen LogP contribution in [0.15, 0.2) is 0 Å². The molecule has 3 rings (SSSR count). The predicted octanol–water partition coefficient (Wildman–Crippen LogP) is 0.206. The van der Waals surface area contributed by atoms with Gasteiger partial charge in [-0.3, -0.25) is 9.80 Å². The maximum absolute atomic E-state index is 9.86. The van der Waals surface area contributed by atoms with Crippen LogP contribution < -0.4 is 0 Å². The van der Waals surface area contributed by atoms with Crippen LogP contribution >= 0.6 is 0 Å². The van der Waals surface area contributed by atoms with E-state index in [9.17, 15) is 5.11 Å². The molecule has 2 aliphatic rings. The lowest BCUT2D eigenvalue weighted by molar-refractivity contribution is 0.0413.